The van der Waals surface area contributed by atoms with Gasteiger partial charge in [0.05, 0.1) is 0 Å². The van der Waals surface area contributed by atoms with Gasteiger partial charge in [-0.25, -0.2) is 31.6 Å². The van der Waals surface area contributed by atoms with E-state index in [-0.39, 0.29) is 48.1 Å². The van der Waals surface area contributed by atoms with Crippen LogP contribution in [0.1, 0.15) is 1.43 Å². The zero-order valence-electron chi connectivity index (χ0n) is 9.80. The van der Waals surface area contributed by atoms with Crippen molar-refractivity contribution in [2.45, 2.75) is 0 Å². The minimum absolute atomic E-state index is 0. The molecule has 0 aromatic heterocycles. The van der Waals surface area contributed by atoms with Crippen LogP contribution in [0.15, 0.2) is 5.34 Å². The molecule has 17 heavy (non-hydrogen) atoms. The Bertz CT molecular complexity index is 145. The van der Waals surface area contributed by atoms with E-state index < -0.39 is 0 Å². The SMILES string of the molecule is C#N.C#N.C#N.C#N.C#N.C#N.O=NO.[Fe].[H-].[Na+]. The van der Waals surface area contributed by atoms with Gasteiger partial charge in [-0.05, 0) is 0 Å². The van der Waals surface area contributed by atoms with E-state index in [9.17, 15) is 0 Å². The van der Waals surface area contributed by atoms with E-state index in [0.29, 0.717) is 0 Å². The summed E-state index contributed by atoms with van der Waals surface area (Å²) in [5.41, 5.74) is 0. The van der Waals surface area contributed by atoms with Crippen molar-refractivity contribution in [2.75, 3.05) is 0 Å². The molecule has 0 radical (unpaired) electrons. The Labute approximate surface area is 134 Å². The smallest absolute Gasteiger partial charge is 1.00 e. The average Bonchev–Trinajstić information content (AvgIpc) is 2.44. The van der Waals surface area contributed by atoms with Gasteiger partial charge in [-0.1, -0.05) is 0 Å². The molecule has 0 bridgehead atoms. The summed E-state index contributed by atoms with van der Waals surface area (Å²) in [5.74, 6) is 0. The molecule has 0 saturated carbocycles. The third-order valence-electron chi connectivity index (χ3n) is 0. The molecule has 1 N–H and O–H groups in total. The van der Waals surface area contributed by atoms with Gasteiger partial charge in [0.1, 0.15) is 0 Å². The first-order valence-electron chi connectivity index (χ1n) is 1.93. The van der Waals surface area contributed by atoms with Crippen LogP contribution in [0.4, 0.5) is 0 Å². The Morgan fingerprint density at radius 1 is 0.706 bits per heavy atom. The molecule has 0 aliphatic heterocycles. The number of nitriles is 6. The van der Waals surface area contributed by atoms with Gasteiger partial charge in [0.25, 0.3) is 0 Å². The molecule has 9 nitrogen and oxygen atoms in total. The van der Waals surface area contributed by atoms with Crippen LogP contribution in [0, 0.1) is 75.9 Å². The number of rotatable bonds is 0. The van der Waals surface area contributed by atoms with Gasteiger partial charge in [-0.3, -0.25) is 0 Å². The molecular weight excluding hydrogens is 281 g/mol. The fourth-order valence-electron chi connectivity index (χ4n) is 0. The van der Waals surface area contributed by atoms with Crippen molar-refractivity contribution in [1.82, 2.24) is 0 Å². The Balaban J connectivity index is -0.00000000508. The predicted octanol–water partition coefficient (Wildman–Crippen LogP) is -1.91. The molecule has 0 aromatic carbocycles. The van der Waals surface area contributed by atoms with Gasteiger partial charge >= 0.3 is 29.6 Å². The van der Waals surface area contributed by atoms with Crippen molar-refractivity contribution in [3.63, 3.8) is 0 Å². The molecular formula is C6H8FeN7NaO2. The third-order valence-corrected chi connectivity index (χ3v) is 0. The number of hydrogen-bond acceptors (Lipinski definition) is 8. The Kier molecular flexibility index (Phi) is 8620. The van der Waals surface area contributed by atoms with E-state index in [4.69, 9.17) is 41.7 Å². The predicted molar refractivity (Wildman–Crippen MR) is 48.7 cm³/mol. The van der Waals surface area contributed by atoms with Crippen molar-refractivity contribution >= 4 is 0 Å². The molecule has 0 aromatic rings. The normalized spacial score (nSPS) is 1.41. The monoisotopic (exact) mass is 289 g/mol. The Morgan fingerprint density at radius 3 is 0.706 bits per heavy atom. The zero-order valence-corrected chi connectivity index (χ0v) is 11.9. The van der Waals surface area contributed by atoms with Crippen molar-refractivity contribution in [3.05, 3.63) is 4.91 Å². The maximum atomic E-state index is 8.11. The summed E-state index contributed by atoms with van der Waals surface area (Å²) in [6.07, 6.45) is 0. The topological polar surface area (TPSA) is 192 Å². The van der Waals surface area contributed by atoms with Gasteiger partial charge < -0.3 is 6.63 Å². The van der Waals surface area contributed by atoms with Crippen LogP contribution < -0.4 is 29.6 Å². The molecule has 0 fully saturated rings. The van der Waals surface area contributed by atoms with E-state index in [1.54, 1.807) is 0 Å². The molecule has 0 rings (SSSR count). The average molecular weight is 289 g/mol. The molecule has 0 atom stereocenters. The maximum absolute atomic E-state index is 8.11. The molecule has 0 amide bonds. The molecule has 0 unspecified atom stereocenters. The van der Waals surface area contributed by atoms with E-state index in [1.807, 2.05) is 0 Å². The van der Waals surface area contributed by atoms with Crippen LogP contribution in [0.2, 0.25) is 0 Å². The summed E-state index contributed by atoms with van der Waals surface area (Å²) in [7, 11) is 0. The summed E-state index contributed by atoms with van der Waals surface area (Å²) in [4.78, 5) is 8.11. The maximum Gasteiger partial charge on any atom is 1.00 e. The van der Waals surface area contributed by atoms with Gasteiger partial charge in [-0.15, -0.1) is 4.91 Å². The molecule has 0 spiro atoms. The quantitative estimate of drug-likeness (QED) is 0.303. The Morgan fingerprint density at radius 2 is 0.706 bits per heavy atom. The van der Waals surface area contributed by atoms with Crippen LogP contribution in [-0.4, -0.2) is 5.21 Å². The van der Waals surface area contributed by atoms with Gasteiger partial charge in [-0.2, -0.15) is 0 Å². The minimum atomic E-state index is 0. The Hall–Kier alpha value is -2.14. The molecule has 0 saturated heterocycles. The van der Waals surface area contributed by atoms with E-state index in [0.717, 1.165) is 0 Å². The minimum Gasteiger partial charge on any atom is -1.00 e. The first kappa shape index (κ1) is 83.1. The van der Waals surface area contributed by atoms with Crippen LogP contribution in [0.25, 0.3) is 0 Å². The second-order valence-electron chi connectivity index (χ2n) is 0.0816. The van der Waals surface area contributed by atoms with Gasteiger partial charge in [0.2, 0.25) is 0 Å². The summed E-state index contributed by atoms with van der Waals surface area (Å²) in [5, 5.41) is 46.9. The molecule has 88 valence electrons. The number of nitrogens with zero attached hydrogens (tertiary/aromatic N) is 7. The van der Waals surface area contributed by atoms with Gasteiger partial charge in [0.15, 0.2) is 5.34 Å². The first-order chi connectivity index (χ1) is 7.41. The van der Waals surface area contributed by atoms with Crippen LogP contribution in [0.3, 0.4) is 0 Å². The zero-order chi connectivity index (χ0) is 14.7. The van der Waals surface area contributed by atoms with Crippen molar-refractivity contribution < 1.29 is 53.3 Å². The van der Waals surface area contributed by atoms with E-state index in [2.05, 4.69) is 39.4 Å². The summed E-state index contributed by atoms with van der Waals surface area (Å²) in [6.45, 7) is 21.0. The standard InChI is InChI=1S/6CHN.Fe.HNO2.Na.H/c6*1-2;;2-1-3;;/h6*1H;;(H,2,3);;/q;;;;;;;;+1;-1. The van der Waals surface area contributed by atoms with Crippen LogP contribution in [-0.2, 0) is 17.1 Å². The molecule has 0 aliphatic rings. The van der Waals surface area contributed by atoms with Crippen LogP contribution in [0.5, 0.6) is 0 Å². The summed E-state index contributed by atoms with van der Waals surface area (Å²) in [6, 6.07) is 0. The molecule has 0 aliphatic carbocycles. The fourth-order valence-corrected chi connectivity index (χ4v) is 0. The largest absolute Gasteiger partial charge is 1.00 e. The first-order valence-corrected chi connectivity index (χ1v) is 1.93. The van der Waals surface area contributed by atoms with Crippen molar-refractivity contribution in [3.8, 4) is 39.4 Å². The molecule has 11 heteroatoms. The third kappa shape index (κ3) is 425. The second-order valence-corrected chi connectivity index (χ2v) is 0.0816. The van der Waals surface area contributed by atoms with Crippen molar-refractivity contribution in [2.24, 2.45) is 5.34 Å². The molecule has 0 heterocycles. The fraction of sp³-hybridized carbons (Fsp3) is 0. The van der Waals surface area contributed by atoms with Crippen molar-refractivity contribution in [1.29, 1.82) is 31.6 Å². The summed E-state index contributed by atoms with van der Waals surface area (Å²) >= 11 is 0. The summed E-state index contributed by atoms with van der Waals surface area (Å²) < 4.78 is 0. The van der Waals surface area contributed by atoms with E-state index >= 15 is 0 Å². The van der Waals surface area contributed by atoms with Gasteiger partial charge in [0, 0.05) is 56.5 Å². The second kappa shape index (κ2) is 1760. The number of hydrogen-bond donors (Lipinski definition) is 1. The van der Waals surface area contributed by atoms with Crippen LogP contribution >= 0.6 is 0 Å². The van der Waals surface area contributed by atoms with E-state index in [1.165, 1.54) is 5.34 Å².